The average molecular weight is 285 g/mol. The molecule has 0 atom stereocenters. The predicted molar refractivity (Wildman–Crippen MR) is 77.8 cm³/mol. The van der Waals surface area contributed by atoms with Crippen LogP contribution in [0.15, 0.2) is 0 Å². The molecule has 0 spiro atoms. The molecule has 0 radical (unpaired) electrons. The second kappa shape index (κ2) is 6.92. The minimum absolute atomic E-state index is 0.0635. The van der Waals surface area contributed by atoms with Gasteiger partial charge in [0.2, 0.25) is 0 Å². The second-order valence-corrected chi connectivity index (χ2v) is 6.33. The summed E-state index contributed by atoms with van der Waals surface area (Å²) in [5, 5.41) is 11.8. The molecule has 1 aliphatic rings. The van der Waals surface area contributed by atoms with Crippen molar-refractivity contribution in [1.82, 2.24) is 15.1 Å². The molecule has 2 amide bonds. The number of carbonyl (C=O) groups is 2. The predicted octanol–water partition coefficient (Wildman–Crippen LogP) is 1.37. The Morgan fingerprint density at radius 3 is 2.25 bits per heavy atom. The van der Waals surface area contributed by atoms with E-state index in [9.17, 15) is 9.59 Å². The second-order valence-electron chi connectivity index (χ2n) is 6.33. The first kappa shape index (κ1) is 16.8. The largest absolute Gasteiger partial charge is 0.480 e. The van der Waals surface area contributed by atoms with Crippen molar-refractivity contribution in [2.75, 3.05) is 27.2 Å². The van der Waals surface area contributed by atoms with Crippen molar-refractivity contribution in [3.8, 4) is 0 Å². The number of nitrogens with one attached hydrogen (secondary N) is 1. The molecule has 6 heteroatoms. The number of likely N-dealkylation sites (N-methyl/N-ethyl adjacent to an activating group) is 1. The van der Waals surface area contributed by atoms with E-state index in [1.807, 2.05) is 32.8 Å². The summed E-state index contributed by atoms with van der Waals surface area (Å²) in [7, 11) is 3.91. The number of carboxylic acid groups (broad SMARTS) is 1. The first-order valence-electron chi connectivity index (χ1n) is 7.18. The zero-order valence-electron chi connectivity index (χ0n) is 13.0. The molecule has 0 heterocycles. The molecule has 1 fully saturated rings. The van der Waals surface area contributed by atoms with Crippen LogP contribution in [0.2, 0.25) is 0 Å². The Bertz CT molecular complexity index is 350. The molecule has 1 aliphatic carbocycles. The van der Waals surface area contributed by atoms with Crippen LogP contribution in [-0.2, 0) is 4.79 Å². The first-order valence-corrected chi connectivity index (χ1v) is 7.18. The van der Waals surface area contributed by atoms with Crippen molar-refractivity contribution in [2.45, 2.75) is 51.1 Å². The van der Waals surface area contributed by atoms with E-state index in [1.165, 1.54) is 4.90 Å². The van der Waals surface area contributed by atoms with E-state index < -0.39 is 5.97 Å². The van der Waals surface area contributed by atoms with E-state index in [2.05, 4.69) is 5.32 Å². The lowest BCUT2D eigenvalue weighted by atomic mass is 10.0. The lowest BCUT2D eigenvalue weighted by Gasteiger charge is -2.34. The molecule has 0 aliphatic heterocycles. The number of carbonyl (C=O) groups excluding carboxylic acids is 1. The molecule has 6 nitrogen and oxygen atoms in total. The van der Waals surface area contributed by atoms with Crippen LogP contribution in [0.1, 0.15) is 39.5 Å². The number of aliphatic carboxylic acids is 1. The van der Waals surface area contributed by atoms with Crippen molar-refractivity contribution in [3.05, 3.63) is 0 Å². The van der Waals surface area contributed by atoms with Crippen LogP contribution in [-0.4, -0.2) is 65.7 Å². The lowest BCUT2D eigenvalue weighted by molar-refractivity contribution is -0.138. The number of rotatable bonds is 6. The van der Waals surface area contributed by atoms with E-state index in [0.29, 0.717) is 6.54 Å². The zero-order chi connectivity index (χ0) is 15.3. The topological polar surface area (TPSA) is 72.9 Å². The normalized spacial score (nSPS) is 16.4. The SMILES string of the molecule is CN(C)C(C)(C)CNC(=O)N(CC(=O)O)C1CCCC1. The van der Waals surface area contributed by atoms with Crippen molar-refractivity contribution in [2.24, 2.45) is 0 Å². The van der Waals surface area contributed by atoms with Gasteiger partial charge in [0.1, 0.15) is 6.54 Å². The Kier molecular flexibility index (Phi) is 5.80. The van der Waals surface area contributed by atoms with Gasteiger partial charge in [0.05, 0.1) is 0 Å². The van der Waals surface area contributed by atoms with Crippen LogP contribution in [0.4, 0.5) is 4.79 Å². The van der Waals surface area contributed by atoms with E-state index in [-0.39, 0.29) is 24.2 Å². The Labute approximate surface area is 121 Å². The lowest BCUT2D eigenvalue weighted by Crippen LogP contribution is -2.53. The number of amides is 2. The molecule has 20 heavy (non-hydrogen) atoms. The van der Waals surface area contributed by atoms with Crippen molar-refractivity contribution < 1.29 is 14.7 Å². The third kappa shape index (κ3) is 4.67. The van der Waals surface area contributed by atoms with Gasteiger partial charge in [0.25, 0.3) is 0 Å². The van der Waals surface area contributed by atoms with Gasteiger partial charge >= 0.3 is 12.0 Å². The van der Waals surface area contributed by atoms with Gasteiger partial charge in [0.15, 0.2) is 0 Å². The number of hydrogen-bond acceptors (Lipinski definition) is 3. The Morgan fingerprint density at radius 2 is 1.80 bits per heavy atom. The van der Waals surface area contributed by atoms with Gasteiger partial charge in [-0.05, 0) is 40.8 Å². The standard InChI is InChI=1S/C14H27N3O3/c1-14(2,16(3)4)10-15-13(20)17(9-12(18)19)11-7-5-6-8-11/h11H,5-10H2,1-4H3,(H,15,20)(H,18,19). The summed E-state index contributed by atoms with van der Waals surface area (Å²) in [5.41, 5.74) is -0.166. The molecule has 116 valence electrons. The summed E-state index contributed by atoms with van der Waals surface area (Å²) >= 11 is 0. The summed E-state index contributed by atoms with van der Waals surface area (Å²) in [5.74, 6) is -0.959. The third-order valence-electron chi connectivity index (χ3n) is 4.21. The number of urea groups is 1. The van der Waals surface area contributed by atoms with Crippen LogP contribution in [0.25, 0.3) is 0 Å². The van der Waals surface area contributed by atoms with Crippen molar-refractivity contribution >= 4 is 12.0 Å². The third-order valence-corrected chi connectivity index (χ3v) is 4.21. The Hall–Kier alpha value is -1.30. The average Bonchev–Trinajstić information content (AvgIpc) is 2.86. The van der Waals surface area contributed by atoms with Crippen LogP contribution >= 0.6 is 0 Å². The molecule has 1 saturated carbocycles. The summed E-state index contributed by atoms with van der Waals surface area (Å²) < 4.78 is 0. The number of nitrogens with zero attached hydrogens (tertiary/aromatic N) is 2. The van der Waals surface area contributed by atoms with Crippen LogP contribution in [0.3, 0.4) is 0 Å². The molecule has 2 N–H and O–H groups in total. The van der Waals surface area contributed by atoms with E-state index in [4.69, 9.17) is 5.11 Å². The molecular weight excluding hydrogens is 258 g/mol. The minimum atomic E-state index is -0.959. The first-order chi connectivity index (χ1) is 9.24. The molecule has 0 bridgehead atoms. The fourth-order valence-electron chi connectivity index (χ4n) is 2.28. The fourth-order valence-corrected chi connectivity index (χ4v) is 2.28. The molecule has 0 aromatic rings. The molecular formula is C14H27N3O3. The maximum Gasteiger partial charge on any atom is 0.323 e. The number of carboxylic acids is 1. The van der Waals surface area contributed by atoms with Gasteiger partial charge < -0.3 is 20.2 Å². The van der Waals surface area contributed by atoms with E-state index in [0.717, 1.165) is 25.7 Å². The zero-order valence-corrected chi connectivity index (χ0v) is 13.0. The van der Waals surface area contributed by atoms with Crippen molar-refractivity contribution in [1.29, 1.82) is 0 Å². The van der Waals surface area contributed by atoms with E-state index in [1.54, 1.807) is 0 Å². The summed E-state index contributed by atoms with van der Waals surface area (Å²) in [6.45, 7) is 4.33. The highest BCUT2D eigenvalue weighted by Crippen LogP contribution is 2.23. The maximum atomic E-state index is 12.3. The molecule has 0 aromatic heterocycles. The van der Waals surface area contributed by atoms with Gasteiger partial charge in [-0.2, -0.15) is 0 Å². The van der Waals surface area contributed by atoms with Crippen LogP contribution in [0.5, 0.6) is 0 Å². The molecule has 0 unspecified atom stereocenters. The van der Waals surface area contributed by atoms with Crippen LogP contribution in [0, 0.1) is 0 Å². The molecule has 0 aromatic carbocycles. The highest BCUT2D eigenvalue weighted by atomic mass is 16.4. The Morgan fingerprint density at radius 1 is 1.25 bits per heavy atom. The van der Waals surface area contributed by atoms with Gasteiger partial charge in [0, 0.05) is 18.1 Å². The van der Waals surface area contributed by atoms with Gasteiger partial charge in [-0.3, -0.25) is 4.79 Å². The van der Waals surface area contributed by atoms with Gasteiger partial charge in [-0.15, -0.1) is 0 Å². The highest BCUT2D eigenvalue weighted by Gasteiger charge is 2.29. The summed E-state index contributed by atoms with van der Waals surface area (Å²) in [4.78, 5) is 26.7. The molecule has 1 rings (SSSR count). The summed E-state index contributed by atoms with van der Waals surface area (Å²) in [6, 6.07) is -0.206. The van der Waals surface area contributed by atoms with Gasteiger partial charge in [-0.25, -0.2) is 4.79 Å². The quantitative estimate of drug-likeness (QED) is 0.773. The highest BCUT2D eigenvalue weighted by molar-refractivity contribution is 5.80. The van der Waals surface area contributed by atoms with Crippen LogP contribution < -0.4 is 5.32 Å². The monoisotopic (exact) mass is 285 g/mol. The van der Waals surface area contributed by atoms with Crippen molar-refractivity contribution in [3.63, 3.8) is 0 Å². The summed E-state index contributed by atoms with van der Waals surface area (Å²) in [6.07, 6.45) is 3.93. The molecule has 0 saturated heterocycles. The van der Waals surface area contributed by atoms with E-state index >= 15 is 0 Å². The van der Waals surface area contributed by atoms with Gasteiger partial charge in [-0.1, -0.05) is 12.8 Å². The maximum absolute atomic E-state index is 12.3. The Balaban J connectivity index is 2.61. The fraction of sp³-hybridized carbons (Fsp3) is 0.857. The minimum Gasteiger partial charge on any atom is -0.480 e. The number of hydrogen-bond donors (Lipinski definition) is 2. The smallest absolute Gasteiger partial charge is 0.323 e.